The molecular formula is CO4Ti. The fourth-order valence-electron chi connectivity index (χ4n) is 0. The van der Waals surface area contributed by atoms with Gasteiger partial charge in [0, 0.05) is 0 Å². The second-order valence-electron chi connectivity index (χ2n) is 0.167. The van der Waals surface area contributed by atoms with Gasteiger partial charge in [-0.3, -0.25) is 0 Å². The van der Waals surface area contributed by atoms with Gasteiger partial charge in [0.25, 0.3) is 0 Å². The molecule has 0 aromatic heterocycles. The Morgan fingerprint density at radius 3 is 1.17 bits per heavy atom. The monoisotopic (exact) mass is 124 g/mol. The van der Waals surface area contributed by atoms with Crippen molar-refractivity contribution in [2.45, 2.75) is 0 Å². The first kappa shape index (κ1) is 9.19. The van der Waals surface area contributed by atoms with Crippen LogP contribution in [0.25, 0.3) is 0 Å². The summed E-state index contributed by atoms with van der Waals surface area (Å²) < 4.78 is 17.0. The molecule has 32 valence electrons. The van der Waals surface area contributed by atoms with Crippen LogP contribution in [-0.2, 0) is 35.3 Å². The van der Waals surface area contributed by atoms with Gasteiger partial charge in [0.15, 0.2) is 0 Å². The fraction of sp³-hybridized carbons (Fsp3) is 0. The molecule has 6 heavy (non-hydrogen) atoms. The van der Waals surface area contributed by atoms with Gasteiger partial charge in [-0.15, -0.1) is 0 Å². The van der Waals surface area contributed by atoms with E-state index < -0.39 is 19.1 Å². The Labute approximate surface area is 42.1 Å². The van der Waals surface area contributed by atoms with E-state index in [2.05, 4.69) is 0 Å². The van der Waals surface area contributed by atoms with Crippen LogP contribution in [0.15, 0.2) is 0 Å². The van der Waals surface area contributed by atoms with Crippen LogP contribution in [0.3, 0.4) is 0 Å². The average molecular weight is 124 g/mol. The zero-order valence-corrected chi connectivity index (χ0v) is 4.19. The van der Waals surface area contributed by atoms with Gasteiger partial charge >= 0.3 is 31.9 Å². The molecule has 0 aliphatic rings. The van der Waals surface area contributed by atoms with Crippen molar-refractivity contribution in [1.82, 2.24) is 0 Å². The van der Waals surface area contributed by atoms with Crippen molar-refractivity contribution in [2.75, 3.05) is 0 Å². The average Bonchev–Trinajstić information content (AvgIpc) is 1.39. The molecule has 0 saturated carbocycles. The molecule has 0 amide bonds. The van der Waals surface area contributed by atoms with Gasteiger partial charge in [-0.2, -0.15) is 9.59 Å². The van der Waals surface area contributed by atoms with Gasteiger partial charge in [0.1, 0.15) is 0 Å². The topological polar surface area (TPSA) is 68.3 Å². The summed E-state index contributed by atoms with van der Waals surface area (Å²) in [5, 5.41) is 0. The van der Waals surface area contributed by atoms with Crippen LogP contribution in [0.5, 0.6) is 0 Å². The van der Waals surface area contributed by atoms with E-state index in [4.69, 9.17) is 16.2 Å². The summed E-state index contributed by atoms with van der Waals surface area (Å²) in [5.74, 6) is 0. The number of hydrogen-bond acceptors (Lipinski definition) is 4. The maximum atomic E-state index is 8.50. The molecule has 0 aromatic rings. The van der Waals surface area contributed by atoms with Gasteiger partial charge in [-0.05, 0) is 0 Å². The molecule has 0 heterocycles. The third-order valence-electron chi connectivity index (χ3n) is 0. The van der Waals surface area contributed by atoms with Crippen LogP contribution < -0.4 is 0 Å². The second-order valence-corrected chi connectivity index (χ2v) is 0.427. The molecule has 0 aliphatic carbocycles. The minimum atomic E-state index is -2.00. The van der Waals surface area contributed by atoms with Crippen molar-refractivity contribution in [3.8, 4) is 0 Å². The molecule has 0 N–H and O–H groups in total. The van der Waals surface area contributed by atoms with Gasteiger partial charge in [-0.25, -0.2) is 0 Å². The second kappa shape index (κ2) is 22.3. The van der Waals surface area contributed by atoms with Gasteiger partial charge in [-0.1, -0.05) is 0 Å². The molecule has 4 nitrogen and oxygen atoms in total. The number of hydrogen-bond donors (Lipinski definition) is 0. The van der Waals surface area contributed by atoms with Gasteiger partial charge in [0.05, 0.1) is 0 Å². The van der Waals surface area contributed by atoms with Crippen molar-refractivity contribution in [1.29, 1.82) is 0 Å². The Morgan fingerprint density at radius 2 is 1.17 bits per heavy atom. The molecule has 0 rings (SSSR count). The molecule has 0 fully saturated rings. The first-order valence-electron chi connectivity index (χ1n) is 0.816. The van der Waals surface area contributed by atoms with E-state index >= 15 is 0 Å². The Hall–Kier alpha value is -0.306. The SMILES string of the molecule is O=C=O.[O]=[Ti]=[O]. The maximum absolute atomic E-state index is 8.50. The molecule has 0 unspecified atom stereocenters. The summed E-state index contributed by atoms with van der Waals surface area (Å²) in [6.07, 6.45) is 0.250. The van der Waals surface area contributed by atoms with Crippen LogP contribution in [0.4, 0.5) is 0 Å². The summed E-state index contributed by atoms with van der Waals surface area (Å²) in [6, 6.07) is 0. The molecule has 0 bridgehead atoms. The summed E-state index contributed by atoms with van der Waals surface area (Å²) in [7, 11) is 0. The molecule has 5 heteroatoms. The Bertz CT molecular complexity index is 61.5. The summed E-state index contributed by atoms with van der Waals surface area (Å²) in [4.78, 5) is 16.2. The van der Waals surface area contributed by atoms with Gasteiger partial charge < -0.3 is 0 Å². The van der Waals surface area contributed by atoms with Crippen molar-refractivity contribution in [2.24, 2.45) is 0 Å². The van der Waals surface area contributed by atoms with Gasteiger partial charge in [0.2, 0.25) is 0 Å². The molecule has 0 aliphatic heterocycles. The summed E-state index contributed by atoms with van der Waals surface area (Å²) >= 11 is -2.00. The van der Waals surface area contributed by atoms with E-state index in [1.165, 1.54) is 0 Å². The Kier molecular flexibility index (Phi) is 34.2. The predicted molar refractivity (Wildman–Crippen MR) is 6.38 cm³/mol. The Balaban J connectivity index is 0. The number of rotatable bonds is 0. The summed E-state index contributed by atoms with van der Waals surface area (Å²) in [5.41, 5.74) is 0. The van der Waals surface area contributed by atoms with Crippen LogP contribution in [0.2, 0.25) is 0 Å². The molecular weight excluding hydrogens is 124 g/mol. The zero-order valence-electron chi connectivity index (χ0n) is 2.63. The van der Waals surface area contributed by atoms with Crippen molar-refractivity contribution >= 4 is 6.15 Å². The standard InChI is InChI=1S/CO2.2O.Ti/c2-1-3;;;. The van der Waals surface area contributed by atoms with Crippen molar-refractivity contribution < 1.29 is 35.3 Å². The fourth-order valence-corrected chi connectivity index (χ4v) is 0. The van der Waals surface area contributed by atoms with Crippen molar-refractivity contribution in [3.05, 3.63) is 0 Å². The quantitative estimate of drug-likeness (QED) is 0.395. The molecule has 0 radical (unpaired) electrons. The van der Waals surface area contributed by atoms with Crippen LogP contribution in [0.1, 0.15) is 0 Å². The van der Waals surface area contributed by atoms with E-state index in [0.717, 1.165) is 0 Å². The third kappa shape index (κ3) is 287. The zero-order chi connectivity index (χ0) is 5.41. The van der Waals surface area contributed by atoms with E-state index in [1.807, 2.05) is 0 Å². The number of carbonyl (C=O) groups excluding carboxylic acids is 2. The molecule has 0 saturated heterocycles. The van der Waals surface area contributed by atoms with E-state index in [0.29, 0.717) is 0 Å². The first-order chi connectivity index (χ1) is 2.83. The third-order valence-corrected chi connectivity index (χ3v) is 0. The minimum absolute atomic E-state index is 0.250. The first-order valence-corrected chi connectivity index (χ1v) is 2.09. The van der Waals surface area contributed by atoms with Crippen LogP contribution >= 0.6 is 0 Å². The van der Waals surface area contributed by atoms with Crippen molar-refractivity contribution in [3.63, 3.8) is 0 Å². The van der Waals surface area contributed by atoms with E-state index in [1.54, 1.807) is 0 Å². The predicted octanol–water partition coefficient (Wildman–Crippen LogP) is -0.824. The van der Waals surface area contributed by atoms with E-state index in [-0.39, 0.29) is 6.15 Å². The van der Waals surface area contributed by atoms with Crippen LogP contribution in [-0.4, -0.2) is 6.15 Å². The van der Waals surface area contributed by atoms with E-state index in [9.17, 15) is 0 Å². The Morgan fingerprint density at radius 1 is 1.17 bits per heavy atom. The molecule has 0 aromatic carbocycles. The molecule has 0 atom stereocenters. The normalized spacial score (nSPS) is 2.67. The van der Waals surface area contributed by atoms with Crippen LogP contribution in [0, 0.1) is 0 Å². The summed E-state index contributed by atoms with van der Waals surface area (Å²) in [6.45, 7) is 0. The molecule has 0 spiro atoms.